The smallest absolute Gasteiger partial charge is 0.300 e. The minimum Gasteiger partial charge on any atom is -0.507 e. The van der Waals surface area contributed by atoms with Gasteiger partial charge in [-0.1, -0.05) is 35.9 Å². The molecule has 0 spiro atoms. The molecule has 1 amide bonds. The van der Waals surface area contributed by atoms with Gasteiger partial charge in [-0.2, -0.15) is 0 Å². The molecule has 2 heterocycles. The third kappa shape index (κ3) is 3.67. The van der Waals surface area contributed by atoms with Crippen molar-refractivity contribution in [3.05, 3.63) is 99.7 Å². The highest BCUT2D eigenvalue weighted by atomic mass is 35.5. The van der Waals surface area contributed by atoms with Gasteiger partial charge in [0.15, 0.2) is 0 Å². The number of aliphatic hydroxyl groups is 1. The standard InChI is InChI=1S/C28H23ClN2O4/c1-15-8-10-18(13-21(15)29)31-25(20-14-30-22-7-5-4-6-19(20)22)24(27(33)28(31)34)26(32)17-9-11-23(35-3)16(2)12-17/h4-14,25,30,32H,1-3H3/b26-24+. The molecular weight excluding hydrogens is 464 g/mol. The number of amides is 1. The maximum absolute atomic E-state index is 13.4. The van der Waals surface area contributed by atoms with Gasteiger partial charge in [-0.15, -0.1) is 0 Å². The van der Waals surface area contributed by atoms with Crippen molar-refractivity contribution in [3.8, 4) is 5.75 Å². The lowest BCUT2D eigenvalue weighted by atomic mass is 9.94. The number of fused-ring (bicyclic) bond motifs is 1. The third-order valence-corrected chi connectivity index (χ3v) is 6.87. The van der Waals surface area contributed by atoms with Gasteiger partial charge in [0.25, 0.3) is 11.7 Å². The number of para-hydroxylation sites is 1. The molecule has 1 atom stereocenters. The number of ketones is 1. The van der Waals surface area contributed by atoms with Crippen LogP contribution in [0.15, 0.2) is 72.4 Å². The molecule has 5 rings (SSSR count). The topological polar surface area (TPSA) is 82.6 Å². The number of hydrogen-bond donors (Lipinski definition) is 2. The molecule has 1 aliphatic heterocycles. The lowest BCUT2D eigenvalue weighted by molar-refractivity contribution is -0.132. The van der Waals surface area contributed by atoms with Crippen molar-refractivity contribution in [2.75, 3.05) is 12.0 Å². The number of anilines is 1. The monoisotopic (exact) mass is 486 g/mol. The summed E-state index contributed by atoms with van der Waals surface area (Å²) >= 11 is 6.38. The Hall–Kier alpha value is -4.03. The summed E-state index contributed by atoms with van der Waals surface area (Å²) in [4.78, 5) is 31.5. The summed E-state index contributed by atoms with van der Waals surface area (Å²) in [5, 5.41) is 12.7. The summed E-state index contributed by atoms with van der Waals surface area (Å²) < 4.78 is 5.32. The Morgan fingerprint density at radius 3 is 2.51 bits per heavy atom. The van der Waals surface area contributed by atoms with Crippen LogP contribution in [0, 0.1) is 13.8 Å². The summed E-state index contributed by atoms with van der Waals surface area (Å²) in [5.41, 5.74) is 4.11. The molecule has 1 saturated heterocycles. The number of benzene rings is 3. The first-order valence-corrected chi connectivity index (χ1v) is 11.5. The third-order valence-electron chi connectivity index (χ3n) is 6.46. The number of rotatable bonds is 4. The number of nitrogens with one attached hydrogen (secondary N) is 1. The van der Waals surface area contributed by atoms with E-state index in [-0.39, 0.29) is 11.3 Å². The van der Waals surface area contributed by atoms with Gasteiger partial charge in [0.2, 0.25) is 0 Å². The van der Waals surface area contributed by atoms with Crippen molar-refractivity contribution >= 4 is 45.6 Å². The minimum absolute atomic E-state index is 0.0148. The van der Waals surface area contributed by atoms with Crippen LogP contribution in [-0.2, 0) is 9.59 Å². The van der Waals surface area contributed by atoms with Crippen molar-refractivity contribution < 1.29 is 19.4 Å². The molecule has 1 fully saturated rings. The number of H-pyrrole nitrogens is 1. The quantitative estimate of drug-likeness (QED) is 0.208. The SMILES string of the molecule is COc1ccc(/C(O)=C2\C(=O)C(=O)N(c3ccc(C)c(Cl)c3)C2c2c[nH]c3ccccc23)cc1C. The number of aromatic nitrogens is 1. The van der Waals surface area contributed by atoms with E-state index in [0.717, 1.165) is 22.0 Å². The summed E-state index contributed by atoms with van der Waals surface area (Å²) in [6.07, 6.45) is 1.77. The normalized spacial score (nSPS) is 17.4. The highest BCUT2D eigenvalue weighted by Crippen LogP contribution is 2.45. The fourth-order valence-electron chi connectivity index (χ4n) is 4.63. The van der Waals surface area contributed by atoms with E-state index in [1.54, 1.807) is 49.7 Å². The zero-order valence-corrected chi connectivity index (χ0v) is 20.2. The van der Waals surface area contributed by atoms with Crippen LogP contribution >= 0.6 is 11.6 Å². The predicted octanol–water partition coefficient (Wildman–Crippen LogP) is 6.07. The van der Waals surface area contributed by atoms with E-state index in [1.807, 2.05) is 38.1 Å². The highest BCUT2D eigenvalue weighted by molar-refractivity contribution is 6.52. The van der Waals surface area contributed by atoms with Crippen LogP contribution in [-0.4, -0.2) is 28.9 Å². The number of hydrogen-bond acceptors (Lipinski definition) is 4. The van der Waals surface area contributed by atoms with Crippen molar-refractivity contribution in [1.82, 2.24) is 4.98 Å². The van der Waals surface area contributed by atoms with Crippen LogP contribution in [0.4, 0.5) is 5.69 Å². The van der Waals surface area contributed by atoms with Crippen molar-refractivity contribution in [2.45, 2.75) is 19.9 Å². The fourth-order valence-corrected chi connectivity index (χ4v) is 4.80. The van der Waals surface area contributed by atoms with E-state index >= 15 is 0 Å². The Kier molecular flexibility index (Phi) is 5.61. The number of carbonyl (C=O) groups is 2. The molecule has 4 aromatic rings. The second-order valence-corrected chi connectivity index (χ2v) is 8.98. The maximum Gasteiger partial charge on any atom is 0.300 e. The molecule has 1 aromatic heterocycles. The summed E-state index contributed by atoms with van der Waals surface area (Å²) in [6.45, 7) is 3.71. The average molecular weight is 487 g/mol. The summed E-state index contributed by atoms with van der Waals surface area (Å²) in [7, 11) is 1.57. The van der Waals surface area contributed by atoms with Gasteiger partial charge in [0.05, 0.1) is 18.7 Å². The molecule has 0 bridgehead atoms. The number of aromatic amines is 1. The van der Waals surface area contributed by atoms with Crippen LogP contribution in [0.3, 0.4) is 0 Å². The highest BCUT2D eigenvalue weighted by Gasteiger charge is 2.47. The number of aryl methyl sites for hydroxylation is 2. The number of aliphatic hydroxyl groups excluding tert-OH is 1. The van der Waals surface area contributed by atoms with E-state index in [4.69, 9.17) is 16.3 Å². The predicted molar refractivity (Wildman–Crippen MR) is 137 cm³/mol. The molecule has 0 saturated carbocycles. The lowest BCUT2D eigenvalue weighted by Gasteiger charge is -2.25. The number of nitrogens with zero attached hydrogens (tertiary/aromatic N) is 1. The van der Waals surface area contributed by atoms with Crippen LogP contribution in [0.2, 0.25) is 5.02 Å². The molecule has 2 N–H and O–H groups in total. The van der Waals surface area contributed by atoms with Gasteiger partial charge < -0.3 is 14.8 Å². The molecule has 3 aromatic carbocycles. The van der Waals surface area contributed by atoms with E-state index in [9.17, 15) is 14.7 Å². The van der Waals surface area contributed by atoms with Crippen molar-refractivity contribution in [2.24, 2.45) is 0 Å². The van der Waals surface area contributed by atoms with Crippen LogP contribution in [0.25, 0.3) is 16.7 Å². The van der Waals surface area contributed by atoms with Crippen LogP contribution < -0.4 is 9.64 Å². The Morgan fingerprint density at radius 1 is 1.03 bits per heavy atom. The Balaban J connectivity index is 1.77. The minimum atomic E-state index is -0.854. The van der Waals surface area contributed by atoms with Crippen molar-refractivity contribution in [3.63, 3.8) is 0 Å². The van der Waals surface area contributed by atoms with E-state index < -0.39 is 17.7 Å². The van der Waals surface area contributed by atoms with E-state index in [1.165, 1.54) is 4.90 Å². The number of carbonyl (C=O) groups excluding carboxylic acids is 2. The number of methoxy groups -OCH3 is 1. The van der Waals surface area contributed by atoms with E-state index in [2.05, 4.69) is 4.98 Å². The molecule has 176 valence electrons. The largest absolute Gasteiger partial charge is 0.507 e. The lowest BCUT2D eigenvalue weighted by Crippen LogP contribution is -2.29. The summed E-state index contributed by atoms with van der Waals surface area (Å²) in [6, 6.07) is 17.1. The maximum atomic E-state index is 13.4. The van der Waals surface area contributed by atoms with Gasteiger partial charge in [-0.25, -0.2) is 0 Å². The van der Waals surface area contributed by atoms with Gasteiger partial charge in [-0.05, 0) is 61.4 Å². The van der Waals surface area contributed by atoms with E-state index in [0.29, 0.717) is 27.6 Å². The second kappa shape index (κ2) is 8.64. The molecule has 0 radical (unpaired) electrons. The fraction of sp³-hybridized carbons (Fsp3) is 0.143. The number of ether oxygens (including phenoxy) is 1. The number of Topliss-reactive ketones (excluding diaryl/α,β-unsaturated/α-hetero) is 1. The molecule has 7 heteroatoms. The molecule has 6 nitrogen and oxygen atoms in total. The zero-order chi connectivity index (χ0) is 24.9. The first-order valence-electron chi connectivity index (χ1n) is 11.1. The van der Waals surface area contributed by atoms with Gasteiger partial charge in [0.1, 0.15) is 11.5 Å². The Bertz CT molecular complexity index is 1540. The molecular formula is C28H23ClN2O4. The molecule has 1 aliphatic rings. The molecule has 35 heavy (non-hydrogen) atoms. The van der Waals surface area contributed by atoms with Gasteiger partial charge in [-0.3, -0.25) is 14.5 Å². The summed E-state index contributed by atoms with van der Waals surface area (Å²) in [5.74, 6) is -1.08. The first-order chi connectivity index (χ1) is 16.8. The zero-order valence-electron chi connectivity index (χ0n) is 19.4. The molecule has 1 unspecified atom stereocenters. The van der Waals surface area contributed by atoms with Gasteiger partial charge in [0, 0.05) is 38.9 Å². The van der Waals surface area contributed by atoms with Crippen LogP contribution in [0.1, 0.15) is 28.3 Å². The number of halogens is 1. The second-order valence-electron chi connectivity index (χ2n) is 8.58. The van der Waals surface area contributed by atoms with Crippen molar-refractivity contribution in [1.29, 1.82) is 0 Å². The average Bonchev–Trinajstić information content (AvgIpc) is 3.39. The van der Waals surface area contributed by atoms with Gasteiger partial charge >= 0.3 is 0 Å². The Labute approximate surface area is 207 Å². The first kappa shape index (κ1) is 22.7. The molecule has 0 aliphatic carbocycles. The van der Waals surface area contributed by atoms with Crippen LogP contribution in [0.5, 0.6) is 5.75 Å². The Morgan fingerprint density at radius 2 is 1.80 bits per heavy atom.